The Labute approximate surface area is 174 Å². The SMILES string of the molecule is CN=C(NCc1cccc([N+](=O)[O-])c1)NC(C)c1ccc(OC)c(F)c1.I. The summed E-state index contributed by atoms with van der Waals surface area (Å²) in [5.41, 5.74) is 1.53. The van der Waals surface area contributed by atoms with E-state index in [1.165, 1.54) is 25.3 Å². The van der Waals surface area contributed by atoms with Crippen molar-refractivity contribution in [3.05, 3.63) is 69.5 Å². The monoisotopic (exact) mass is 488 g/mol. The Morgan fingerprint density at radius 2 is 2.07 bits per heavy atom. The van der Waals surface area contributed by atoms with Crippen molar-refractivity contribution in [2.45, 2.75) is 19.5 Å². The van der Waals surface area contributed by atoms with Gasteiger partial charge in [-0.3, -0.25) is 15.1 Å². The van der Waals surface area contributed by atoms with Crippen LogP contribution in [0, 0.1) is 15.9 Å². The van der Waals surface area contributed by atoms with Gasteiger partial charge in [0.1, 0.15) is 0 Å². The predicted octanol–water partition coefficient (Wildman–Crippen LogP) is 3.79. The average Bonchev–Trinajstić information content (AvgIpc) is 2.65. The lowest BCUT2D eigenvalue weighted by molar-refractivity contribution is -0.384. The van der Waals surface area contributed by atoms with Crippen molar-refractivity contribution in [2.24, 2.45) is 4.99 Å². The van der Waals surface area contributed by atoms with Gasteiger partial charge in [-0.15, -0.1) is 24.0 Å². The highest BCUT2D eigenvalue weighted by atomic mass is 127. The largest absolute Gasteiger partial charge is 0.494 e. The fraction of sp³-hybridized carbons (Fsp3) is 0.278. The highest BCUT2D eigenvalue weighted by molar-refractivity contribution is 14.0. The minimum Gasteiger partial charge on any atom is -0.494 e. The number of aliphatic imine (C=N–C) groups is 1. The van der Waals surface area contributed by atoms with Gasteiger partial charge in [-0.2, -0.15) is 0 Å². The topological polar surface area (TPSA) is 88.8 Å². The molecular weight excluding hydrogens is 466 g/mol. The van der Waals surface area contributed by atoms with Crippen LogP contribution in [0.2, 0.25) is 0 Å². The van der Waals surface area contributed by atoms with Crippen LogP contribution in [-0.2, 0) is 6.54 Å². The van der Waals surface area contributed by atoms with E-state index in [1.54, 1.807) is 31.3 Å². The van der Waals surface area contributed by atoms with E-state index in [0.717, 1.165) is 11.1 Å². The first kappa shape index (κ1) is 22.6. The maximum atomic E-state index is 13.8. The van der Waals surface area contributed by atoms with Gasteiger partial charge in [-0.1, -0.05) is 18.2 Å². The van der Waals surface area contributed by atoms with E-state index in [1.807, 2.05) is 6.92 Å². The molecule has 1 atom stereocenters. The van der Waals surface area contributed by atoms with E-state index in [4.69, 9.17) is 4.74 Å². The third-order valence-electron chi connectivity index (χ3n) is 3.83. The van der Waals surface area contributed by atoms with Crippen molar-refractivity contribution < 1.29 is 14.1 Å². The number of hydrogen-bond acceptors (Lipinski definition) is 4. The molecule has 146 valence electrons. The molecule has 0 fully saturated rings. The standard InChI is InChI=1S/C18H21FN4O3.HI/c1-12(14-7-8-17(26-3)16(19)10-14)22-18(20-2)21-11-13-5-4-6-15(9-13)23(24)25;/h4-10,12H,11H2,1-3H3,(H2,20,21,22);1H. The Bertz CT molecular complexity index is 817. The number of nitro groups is 1. The van der Waals surface area contributed by atoms with E-state index in [-0.39, 0.29) is 41.5 Å². The highest BCUT2D eigenvalue weighted by Crippen LogP contribution is 2.21. The smallest absolute Gasteiger partial charge is 0.269 e. The lowest BCUT2D eigenvalue weighted by atomic mass is 10.1. The van der Waals surface area contributed by atoms with Crippen molar-refractivity contribution in [1.82, 2.24) is 10.6 Å². The van der Waals surface area contributed by atoms with Gasteiger partial charge in [0.05, 0.1) is 18.1 Å². The maximum Gasteiger partial charge on any atom is 0.269 e. The molecule has 2 N–H and O–H groups in total. The number of nitrogens with zero attached hydrogens (tertiary/aromatic N) is 2. The molecule has 0 aliphatic carbocycles. The van der Waals surface area contributed by atoms with E-state index in [2.05, 4.69) is 15.6 Å². The van der Waals surface area contributed by atoms with E-state index in [0.29, 0.717) is 12.5 Å². The second-order valence-corrected chi connectivity index (χ2v) is 5.61. The first-order valence-electron chi connectivity index (χ1n) is 7.98. The highest BCUT2D eigenvalue weighted by Gasteiger charge is 2.12. The van der Waals surface area contributed by atoms with Crippen LogP contribution >= 0.6 is 24.0 Å². The van der Waals surface area contributed by atoms with Gasteiger partial charge in [-0.25, -0.2) is 4.39 Å². The number of halogens is 2. The number of methoxy groups -OCH3 is 1. The molecule has 0 aromatic heterocycles. The van der Waals surface area contributed by atoms with Crippen molar-refractivity contribution in [3.8, 4) is 5.75 Å². The number of rotatable bonds is 6. The molecule has 0 saturated heterocycles. The Morgan fingerprint density at radius 3 is 2.67 bits per heavy atom. The number of benzene rings is 2. The third-order valence-corrected chi connectivity index (χ3v) is 3.83. The molecular formula is C18H22FIN4O3. The van der Waals surface area contributed by atoms with Gasteiger partial charge in [-0.05, 0) is 30.2 Å². The zero-order chi connectivity index (χ0) is 19.1. The fourth-order valence-electron chi connectivity index (χ4n) is 2.40. The zero-order valence-electron chi connectivity index (χ0n) is 15.2. The predicted molar refractivity (Wildman–Crippen MR) is 113 cm³/mol. The number of non-ortho nitro benzene ring substituents is 1. The molecule has 2 aromatic rings. The zero-order valence-corrected chi connectivity index (χ0v) is 17.6. The van der Waals surface area contributed by atoms with Crippen molar-refractivity contribution >= 4 is 35.6 Å². The Balaban J connectivity index is 0.00000364. The van der Waals surface area contributed by atoms with E-state index < -0.39 is 10.7 Å². The lowest BCUT2D eigenvalue weighted by Crippen LogP contribution is -2.38. The number of nitrogens with one attached hydrogen (secondary N) is 2. The summed E-state index contributed by atoms with van der Waals surface area (Å²) in [6, 6.07) is 10.9. The summed E-state index contributed by atoms with van der Waals surface area (Å²) < 4.78 is 18.8. The summed E-state index contributed by atoms with van der Waals surface area (Å²) in [4.78, 5) is 14.5. The fourth-order valence-corrected chi connectivity index (χ4v) is 2.40. The average molecular weight is 488 g/mol. The van der Waals surface area contributed by atoms with Crippen LogP contribution in [0.5, 0.6) is 5.75 Å². The van der Waals surface area contributed by atoms with Crippen LogP contribution in [0.25, 0.3) is 0 Å². The molecule has 0 saturated carbocycles. The minimum atomic E-state index is -0.434. The third kappa shape index (κ3) is 6.35. The number of ether oxygens (including phenoxy) is 1. The molecule has 2 rings (SSSR count). The van der Waals surface area contributed by atoms with Crippen LogP contribution in [0.1, 0.15) is 24.1 Å². The molecule has 0 radical (unpaired) electrons. The second kappa shape index (κ2) is 10.7. The van der Waals surface area contributed by atoms with Gasteiger partial charge in [0.25, 0.3) is 5.69 Å². The van der Waals surface area contributed by atoms with E-state index >= 15 is 0 Å². The minimum absolute atomic E-state index is 0. The molecule has 0 spiro atoms. The second-order valence-electron chi connectivity index (χ2n) is 5.61. The first-order chi connectivity index (χ1) is 12.4. The molecule has 9 heteroatoms. The van der Waals surface area contributed by atoms with Crippen molar-refractivity contribution in [2.75, 3.05) is 14.2 Å². The van der Waals surface area contributed by atoms with Crippen LogP contribution < -0.4 is 15.4 Å². The quantitative estimate of drug-likeness (QED) is 0.213. The molecule has 0 heterocycles. The molecule has 7 nitrogen and oxygen atoms in total. The van der Waals surface area contributed by atoms with Crippen LogP contribution in [0.4, 0.5) is 10.1 Å². The number of guanidine groups is 1. The van der Waals surface area contributed by atoms with Crippen LogP contribution in [0.15, 0.2) is 47.5 Å². The van der Waals surface area contributed by atoms with Gasteiger partial charge < -0.3 is 15.4 Å². The van der Waals surface area contributed by atoms with Crippen molar-refractivity contribution in [3.63, 3.8) is 0 Å². The lowest BCUT2D eigenvalue weighted by Gasteiger charge is -2.19. The summed E-state index contributed by atoms with van der Waals surface area (Å²) in [6.45, 7) is 2.24. The molecule has 0 aliphatic rings. The van der Waals surface area contributed by atoms with E-state index in [9.17, 15) is 14.5 Å². The molecule has 0 bridgehead atoms. The number of hydrogen-bond donors (Lipinski definition) is 2. The molecule has 1 unspecified atom stereocenters. The Kier molecular flexibility index (Phi) is 8.92. The summed E-state index contributed by atoms with van der Waals surface area (Å²) >= 11 is 0. The van der Waals surface area contributed by atoms with Gasteiger partial charge in [0.15, 0.2) is 17.5 Å². The van der Waals surface area contributed by atoms with Gasteiger partial charge in [0, 0.05) is 25.7 Å². The molecule has 27 heavy (non-hydrogen) atoms. The number of nitro benzene ring substituents is 1. The van der Waals surface area contributed by atoms with Crippen molar-refractivity contribution in [1.29, 1.82) is 0 Å². The Morgan fingerprint density at radius 1 is 1.33 bits per heavy atom. The normalized spacial score (nSPS) is 11.9. The summed E-state index contributed by atoms with van der Waals surface area (Å²) in [5, 5.41) is 17.1. The van der Waals surface area contributed by atoms with Gasteiger partial charge in [0.2, 0.25) is 0 Å². The molecule has 2 aromatic carbocycles. The van der Waals surface area contributed by atoms with Gasteiger partial charge >= 0.3 is 0 Å². The summed E-state index contributed by atoms with van der Waals surface area (Å²) in [5.74, 6) is 0.257. The van der Waals surface area contributed by atoms with Crippen LogP contribution in [-0.4, -0.2) is 25.0 Å². The Hall–Kier alpha value is -2.43. The van der Waals surface area contributed by atoms with Crippen LogP contribution in [0.3, 0.4) is 0 Å². The first-order valence-corrected chi connectivity index (χ1v) is 7.98. The summed E-state index contributed by atoms with van der Waals surface area (Å²) in [6.07, 6.45) is 0. The maximum absolute atomic E-state index is 13.8. The molecule has 0 amide bonds. The summed E-state index contributed by atoms with van der Waals surface area (Å²) in [7, 11) is 3.03. The molecule has 0 aliphatic heterocycles.